The summed E-state index contributed by atoms with van der Waals surface area (Å²) in [5, 5.41) is 0. The van der Waals surface area contributed by atoms with Crippen LogP contribution in [0.2, 0.25) is 0 Å². The van der Waals surface area contributed by atoms with Gasteiger partial charge in [-0.15, -0.1) is 12.4 Å². The Balaban J connectivity index is 0.000000845. The summed E-state index contributed by atoms with van der Waals surface area (Å²) < 4.78 is 0. The van der Waals surface area contributed by atoms with Crippen LogP contribution < -0.4 is 5.48 Å². The Hall–Kier alpha value is -0.710. The van der Waals surface area contributed by atoms with Gasteiger partial charge in [-0.25, -0.2) is 0 Å². The number of nitrogens with one attached hydrogen (secondary N) is 1. The van der Waals surface area contributed by atoms with Gasteiger partial charge in [0.05, 0.1) is 30.2 Å². The van der Waals surface area contributed by atoms with Crippen molar-refractivity contribution in [2.75, 3.05) is 6.61 Å². The van der Waals surface area contributed by atoms with Crippen LogP contribution >= 0.6 is 12.4 Å². The maximum absolute atomic E-state index is 5.03. The molecule has 1 saturated heterocycles. The third kappa shape index (κ3) is 2.37. The second-order valence-corrected chi connectivity index (χ2v) is 2.89. The highest BCUT2D eigenvalue weighted by atomic mass is 35.5. The molecule has 72 valence electrons. The van der Waals surface area contributed by atoms with Crippen molar-refractivity contribution in [3.63, 3.8) is 0 Å². The Morgan fingerprint density at radius 2 is 2.38 bits per heavy atom. The van der Waals surface area contributed by atoms with Gasteiger partial charge in [0, 0.05) is 6.20 Å². The minimum absolute atomic E-state index is 0. The first-order valence-electron chi connectivity index (χ1n) is 4.02. The lowest BCUT2D eigenvalue weighted by Gasteiger charge is -2.06. The van der Waals surface area contributed by atoms with Gasteiger partial charge in [0.1, 0.15) is 0 Å². The number of hydroxylamine groups is 1. The lowest BCUT2D eigenvalue weighted by Crippen LogP contribution is -2.13. The summed E-state index contributed by atoms with van der Waals surface area (Å²) in [5.74, 6) is 0. The minimum Gasteiger partial charge on any atom is -0.301 e. The van der Waals surface area contributed by atoms with E-state index in [4.69, 9.17) is 4.84 Å². The van der Waals surface area contributed by atoms with E-state index in [0.29, 0.717) is 0 Å². The van der Waals surface area contributed by atoms with E-state index in [2.05, 4.69) is 15.4 Å². The molecule has 2 rings (SSSR count). The predicted molar refractivity (Wildman–Crippen MR) is 50.5 cm³/mol. The molecular formula is C8H12ClN3O. The molecule has 1 atom stereocenters. The Bertz CT molecular complexity index is 276. The van der Waals surface area contributed by atoms with Crippen molar-refractivity contribution in [2.24, 2.45) is 0 Å². The molecule has 0 bridgehead atoms. The molecule has 0 unspecified atom stereocenters. The molecule has 1 aliphatic rings. The number of aryl methyl sites for hydroxylation is 1. The van der Waals surface area contributed by atoms with Crippen LogP contribution in [0.3, 0.4) is 0 Å². The zero-order chi connectivity index (χ0) is 8.39. The number of rotatable bonds is 1. The summed E-state index contributed by atoms with van der Waals surface area (Å²) in [4.78, 5) is 13.5. The molecule has 2 heterocycles. The molecule has 13 heavy (non-hydrogen) atoms. The van der Waals surface area contributed by atoms with Crippen molar-refractivity contribution in [3.8, 4) is 0 Å². The van der Waals surface area contributed by atoms with Crippen LogP contribution in [0.5, 0.6) is 0 Å². The van der Waals surface area contributed by atoms with Crippen molar-refractivity contribution >= 4 is 12.4 Å². The highest BCUT2D eigenvalue weighted by molar-refractivity contribution is 5.85. The van der Waals surface area contributed by atoms with Gasteiger partial charge in [-0.3, -0.25) is 9.97 Å². The number of hydrogen-bond donors (Lipinski definition) is 1. The topological polar surface area (TPSA) is 47.0 Å². The average molecular weight is 202 g/mol. The number of aromatic nitrogens is 2. The third-order valence-corrected chi connectivity index (χ3v) is 1.86. The maximum Gasteiger partial charge on any atom is 0.0783 e. The summed E-state index contributed by atoms with van der Waals surface area (Å²) in [6.45, 7) is 2.69. The Morgan fingerprint density at radius 1 is 1.54 bits per heavy atom. The van der Waals surface area contributed by atoms with Crippen molar-refractivity contribution in [3.05, 3.63) is 23.8 Å². The summed E-state index contributed by atoms with van der Waals surface area (Å²) >= 11 is 0. The highest BCUT2D eigenvalue weighted by Gasteiger charge is 2.18. The molecule has 1 N–H and O–H groups in total. The molecule has 1 aromatic rings. The normalized spacial score (nSPS) is 21.2. The van der Waals surface area contributed by atoms with E-state index in [-0.39, 0.29) is 18.4 Å². The zero-order valence-corrected chi connectivity index (χ0v) is 8.17. The first kappa shape index (κ1) is 10.4. The average Bonchev–Trinajstić information content (AvgIpc) is 2.56. The molecule has 1 fully saturated rings. The van der Waals surface area contributed by atoms with Crippen LogP contribution in [-0.2, 0) is 4.84 Å². The monoisotopic (exact) mass is 201 g/mol. The van der Waals surface area contributed by atoms with Gasteiger partial charge in [-0.2, -0.15) is 5.48 Å². The van der Waals surface area contributed by atoms with E-state index in [1.807, 2.05) is 6.92 Å². The Labute approximate surface area is 83.1 Å². The smallest absolute Gasteiger partial charge is 0.0783 e. The minimum atomic E-state index is 0. The molecule has 0 spiro atoms. The third-order valence-electron chi connectivity index (χ3n) is 1.86. The fourth-order valence-corrected chi connectivity index (χ4v) is 1.25. The van der Waals surface area contributed by atoms with Crippen molar-refractivity contribution in [2.45, 2.75) is 19.4 Å². The maximum atomic E-state index is 5.03. The second kappa shape index (κ2) is 4.50. The van der Waals surface area contributed by atoms with E-state index in [1.54, 1.807) is 12.4 Å². The molecule has 1 aromatic heterocycles. The van der Waals surface area contributed by atoms with Gasteiger partial charge >= 0.3 is 0 Å². The van der Waals surface area contributed by atoms with E-state index >= 15 is 0 Å². The first-order valence-corrected chi connectivity index (χ1v) is 4.02. The molecule has 4 nitrogen and oxygen atoms in total. The molecule has 0 radical (unpaired) electrons. The van der Waals surface area contributed by atoms with Crippen molar-refractivity contribution < 1.29 is 4.84 Å². The Kier molecular flexibility index (Phi) is 3.59. The lowest BCUT2D eigenvalue weighted by atomic mass is 10.2. The molecule has 0 aromatic carbocycles. The van der Waals surface area contributed by atoms with Crippen LogP contribution in [0.25, 0.3) is 0 Å². The zero-order valence-electron chi connectivity index (χ0n) is 7.36. The quantitative estimate of drug-likeness (QED) is 0.741. The van der Waals surface area contributed by atoms with Crippen LogP contribution in [0.15, 0.2) is 12.4 Å². The fraction of sp³-hybridized carbons (Fsp3) is 0.500. The molecule has 0 saturated carbocycles. The largest absolute Gasteiger partial charge is 0.301 e. The van der Waals surface area contributed by atoms with Crippen LogP contribution in [-0.4, -0.2) is 16.6 Å². The first-order chi connectivity index (χ1) is 5.86. The van der Waals surface area contributed by atoms with E-state index in [0.717, 1.165) is 24.4 Å². The van der Waals surface area contributed by atoms with Crippen molar-refractivity contribution in [1.29, 1.82) is 0 Å². The number of hydrogen-bond acceptors (Lipinski definition) is 4. The summed E-state index contributed by atoms with van der Waals surface area (Å²) in [6.07, 6.45) is 4.50. The van der Waals surface area contributed by atoms with Gasteiger partial charge < -0.3 is 4.84 Å². The van der Waals surface area contributed by atoms with Gasteiger partial charge in [0.25, 0.3) is 0 Å². The van der Waals surface area contributed by atoms with Crippen LogP contribution in [0.4, 0.5) is 0 Å². The van der Waals surface area contributed by atoms with E-state index < -0.39 is 0 Å². The standard InChI is InChI=1S/C8H11N3O.ClH/c1-6-4-9-5-8(10-6)7-2-3-12-11-7;/h4-5,7,11H,2-3H2,1H3;1H/t7-;/m0./s1. The summed E-state index contributed by atoms with van der Waals surface area (Å²) in [7, 11) is 0. The van der Waals surface area contributed by atoms with E-state index in [1.165, 1.54) is 0 Å². The molecule has 1 aliphatic heterocycles. The van der Waals surface area contributed by atoms with Gasteiger partial charge in [0.15, 0.2) is 0 Å². The lowest BCUT2D eigenvalue weighted by molar-refractivity contribution is 0.0876. The fourth-order valence-electron chi connectivity index (χ4n) is 1.25. The Morgan fingerprint density at radius 3 is 3.00 bits per heavy atom. The van der Waals surface area contributed by atoms with Crippen LogP contribution in [0, 0.1) is 6.92 Å². The second-order valence-electron chi connectivity index (χ2n) is 2.89. The van der Waals surface area contributed by atoms with Crippen LogP contribution in [0.1, 0.15) is 23.9 Å². The summed E-state index contributed by atoms with van der Waals surface area (Å²) in [5.41, 5.74) is 4.81. The molecule has 5 heteroatoms. The SMILES string of the molecule is Cc1cncc([C@@H]2CCON2)n1.Cl. The van der Waals surface area contributed by atoms with Gasteiger partial charge in [-0.1, -0.05) is 0 Å². The number of halogens is 1. The summed E-state index contributed by atoms with van der Waals surface area (Å²) in [6, 6.07) is 0.220. The van der Waals surface area contributed by atoms with E-state index in [9.17, 15) is 0 Å². The molecular weight excluding hydrogens is 190 g/mol. The highest BCUT2D eigenvalue weighted by Crippen LogP contribution is 2.17. The van der Waals surface area contributed by atoms with Gasteiger partial charge in [-0.05, 0) is 13.3 Å². The number of nitrogens with zero attached hydrogens (tertiary/aromatic N) is 2. The molecule has 0 aliphatic carbocycles. The van der Waals surface area contributed by atoms with Crippen molar-refractivity contribution in [1.82, 2.24) is 15.4 Å². The van der Waals surface area contributed by atoms with Gasteiger partial charge in [0.2, 0.25) is 0 Å². The molecule has 0 amide bonds. The predicted octanol–water partition coefficient (Wildman–Crippen LogP) is 1.17.